The van der Waals surface area contributed by atoms with Gasteiger partial charge in [-0.2, -0.15) is 10.2 Å². The normalized spacial score (nSPS) is 13.0. The third-order valence-electron chi connectivity index (χ3n) is 3.70. The van der Waals surface area contributed by atoms with Crippen molar-refractivity contribution in [1.82, 2.24) is 20.8 Å². The molecule has 1 aromatic heterocycles. The largest absolute Gasteiger partial charge is 0.348 e. The lowest BCUT2D eigenvalue weighted by Crippen LogP contribution is -2.24. The van der Waals surface area contributed by atoms with E-state index in [1.54, 1.807) is 13.0 Å². The van der Waals surface area contributed by atoms with Gasteiger partial charge < -0.3 is 10.6 Å². The number of carbonyl (C=O) groups is 1. The molecule has 0 saturated heterocycles. The summed E-state index contributed by atoms with van der Waals surface area (Å²) in [5, 5.41) is 14.2. The van der Waals surface area contributed by atoms with Crippen LogP contribution >= 0.6 is 0 Å². The van der Waals surface area contributed by atoms with Crippen LogP contribution in [0.5, 0.6) is 0 Å². The number of amides is 1. The third kappa shape index (κ3) is 2.92. The monoisotopic (exact) mass is 282 g/mol. The molecule has 21 heavy (non-hydrogen) atoms. The van der Waals surface area contributed by atoms with Crippen LogP contribution < -0.4 is 10.6 Å². The van der Waals surface area contributed by atoms with Crippen LogP contribution in [0.2, 0.25) is 0 Å². The van der Waals surface area contributed by atoms with Crippen LogP contribution in [0.1, 0.15) is 38.4 Å². The van der Waals surface area contributed by atoms with Gasteiger partial charge in [-0.3, -0.25) is 4.79 Å². The van der Waals surface area contributed by atoms with E-state index in [2.05, 4.69) is 39.0 Å². The SMILES string of the molecule is Cc1cc(C(=O)NCc2ccc3c(c2)CNC3)c(C)nn1. The average molecular weight is 282 g/mol. The van der Waals surface area contributed by atoms with E-state index >= 15 is 0 Å². The minimum atomic E-state index is -0.107. The molecule has 1 aliphatic rings. The summed E-state index contributed by atoms with van der Waals surface area (Å²) in [6, 6.07) is 8.11. The first-order valence-corrected chi connectivity index (χ1v) is 7.04. The Hall–Kier alpha value is -2.27. The molecule has 0 radical (unpaired) electrons. The van der Waals surface area contributed by atoms with E-state index in [0.717, 1.165) is 24.3 Å². The molecule has 3 rings (SSSR count). The van der Waals surface area contributed by atoms with Gasteiger partial charge in [0.05, 0.1) is 17.0 Å². The van der Waals surface area contributed by atoms with Crippen LogP contribution in [0, 0.1) is 13.8 Å². The molecular formula is C16H18N4O. The molecule has 1 aromatic carbocycles. The molecule has 0 aliphatic carbocycles. The molecule has 2 aromatic rings. The Labute approximate surface area is 123 Å². The summed E-state index contributed by atoms with van der Waals surface area (Å²) in [4.78, 5) is 12.2. The minimum Gasteiger partial charge on any atom is -0.348 e. The van der Waals surface area contributed by atoms with E-state index in [1.165, 1.54) is 11.1 Å². The lowest BCUT2D eigenvalue weighted by atomic mass is 10.1. The Morgan fingerprint density at radius 2 is 2.00 bits per heavy atom. The smallest absolute Gasteiger partial charge is 0.253 e. The molecular weight excluding hydrogens is 264 g/mol. The van der Waals surface area contributed by atoms with Gasteiger partial charge in [0.15, 0.2) is 0 Å². The van der Waals surface area contributed by atoms with Crippen LogP contribution in [0.4, 0.5) is 0 Å². The summed E-state index contributed by atoms with van der Waals surface area (Å²) in [5.41, 5.74) is 5.76. The molecule has 0 fully saturated rings. The van der Waals surface area contributed by atoms with Gasteiger partial charge in [0.2, 0.25) is 0 Å². The summed E-state index contributed by atoms with van der Waals surface area (Å²) in [7, 11) is 0. The van der Waals surface area contributed by atoms with E-state index in [9.17, 15) is 4.79 Å². The zero-order valence-corrected chi connectivity index (χ0v) is 12.2. The predicted octanol–water partition coefficient (Wildman–Crippen LogP) is 1.63. The van der Waals surface area contributed by atoms with Gasteiger partial charge in [0.1, 0.15) is 0 Å². The molecule has 0 saturated carbocycles. The fourth-order valence-corrected chi connectivity index (χ4v) is 2.52. The molecule has 5 heteroatoms. The number of nitrogens with one attached hydrogen (secondary N) is 2. The Morgan fingerprint density at radius 3 is 2.86 bits per heavy atom. The maximum atomic E-state index is 12.2. The molecule has 0 bridgehead atoms. The quantitative estimate of drug-likeness (QED) is 0.898. The molecule has 1 aliphatic heterocycles. The van der Waals surface area contributed by atoms with Crippen molar-refractivity contribution in [3.63, 3.8) is 0 Å². The maximum absolute atomic E-state index is 12.2. The van der Waals surface area contributed by atoms with E-state index < -0.39 is 0 Å². The Morgan fingerprint density at radius 1 is 1.19 bits per heavy atom. The van der Waals surface area contributed by atoms with Crippen LogP contribution in [-0.4, -0.2) is 16.1 Å². The second-order valence-corrected chi connectivity index (χ2v) is 5.37. The first-order chi connectivity index (χ1) is 10.1. The fourth-order valence-electron chi connectivity index (χ4n) is 2.52. The standard InChI is InChI=1S/C16H18N4O/c1-10-5-15(11(2)20-19-10)16(21)18-7-12-3-4-13-8-17-9-14(13)6-12/h3-6,17H,7-9H2,1-2H3,(H,18,21). The Kier molecular flexibility index (Phi) is 3.66. The van der Waals surface area contributed by atoms with Crippen LogP contribution in [0.25, 0.3) is 0 Å². The number of nitrogens with zero attached hydrogens (tertiary/aromatic N) is 2. The van der Waals surface area contributed by atoms with Crippen molar-refractivity contribution in [2.75, 3.05) is 0 Å². The second kappa shape index (κ2) is 5.61. The number of aromatic nitrogens is 2. The predicted molar refractivity (Wildman–Crippen MR) is 79.7 cm³/mol. The number of fused-ring (bicyclic) bond motifs is 1. The molecule has 0 spiro atoms. The van der Waals surface area contributed by atoms with Crippen molar-refractivity contribution >= 4 is 5.91 Å². The van der Waals surface area contributed by atoms with Gasteiger partial charge in [-0.05, 0) is 36.6 Å². The first kappa shape index (κ1) is 13.7. The van der Waals surface area contributed by atoms with Crippen molar-refractivity contribution in [2.24, 2.45) is 0 Å². The molecule has 0 unspecified atom stereocenters. The number of hydrogen-bond acceptors (Lipinski definition) is 4. The molecule has 5 nitrogen and oxygen atoms in total. The number of aryl methyl sites for hydroxylation is 2. The summed E-state index contributed by atoms with van der Waals surface area (Å²) in [6.07, 6.45) is 0. The van der Waals surface area contributed by atoms with Gasteiger partial charge in [-0.15, -0.1) is 0 Å². The Bertz CT molecular complexity index is 697. The van der Waals surface area contributed by atoms with Crippen molar-refractivity contribution in [3.05, 3.63) is 57.9 Å². The zero-order valence-electron chi connectivity index (χ0n) is 12.2. The highest BCUT2D eigenvalue weighted by Crippen LogP contribution is 2.17. The average Bonchev–Trinajstić information content (AvgIpc) is 2.94. The summed E-state index contributed by atoms with van der Waals surface area (Å²) in [6.45, 7) is 5.99. The minimum absolute atomic E-state index is 0.107. The van der Waals surface area contributed by atoms with E-state index in [0.29, 0.717) is 17.8 Å². The highest BCUT2D eigenvalue weighted by atomic mass is 16.1. The summed E-state index contributed by atoms with van der Waals surface area (Å²) in [5.74, 6) is -0.107. The van der Waals surface area contributed by atoms with Crippen molar-refractivity contribution < 1.29 is 4.79 Å². The van der Waals surface area contributed by atoms with Crippen LogP contribution in [0.15, 0.2) is 24.3 Å². The number of rotatable bonds is 3. The van der Waals surface area contributed by atoms with Gasteiger partial charge in [-0.25, -0.2) is 0 Å². The van der Waals surface area contributed by atoms with E-state index in [4.69, 9.17) is 0 Å². The third-order valence-corrected chi connectivity index (χ3v) is 3.70. The first-order valence-electron chi connectivity index (χ1n) is 7.04. The second-order valence-electron chi connectivity index (χ2n) is 5.37. The fraction of sp³-hybridized carbons (Fsp3) is 0.312. The Balaban J connectivity index is 1.70. The summed E-state index contributed by atoms with van der Waals surface area (Å²) >= 11 is 0. The van der Waals surface area contributed by atoms with Crippen molar-refractivity contribution in [2.45, 2.75) is 33.5 Å². The molecule has 0 atom stereocenters. The zero-order chi connectivity index (χ0) is 14.8. The topological polar surface area (TPSA) is 66.9 Å². The maximum Gasteiger partial charge on any atom is 0.253 e. The van der Waals surface area contributed by atoms with E-state index in [-0.39, 0.29) is 5.91 Å². The van der Waals surface area contributed by atoms with Gasteiger partial charge in [0, 0.05) is 19.6 Å². The molecule has 108 valence electrons. The van der Waals surface area contributed by atoms with Gasteiger partial charge in [-0.1, -0.05) is 18.2 Å². The highest BCUT2D eigenvalue weighted by Gasteiger charge is 2.13. The number of hydrogen-bond donors (Lipinski definition) is 2. The van der Waals surface area contributed by atoms with Crippen molar-refractivity contribution in [3.8, 4) is 0 Å². The van der Waals surface area contributed by atoms with Crippen LogP contribution in [-0.2, 0) is 19.6 Å². The number of carbonyl (C=O) groups excluding carboxylic acids is 1. The van der Waals surface area contributed by atoms with Crippen molar-refractivity contribution in [1.29, 1.82) is 0 Å². The number of benzene rings is 1. The van der Waals surface area contributed by atoms with Gasteiger partial charge >= 0.3 is 0 Å². The lowest BCUT2D eigenvalue weighted by molar-refractivity contribution is 0.0949. The lowest BCUT2D eigenvalue weighted by Gasteiger charge is -2.08. The van der Waals surface area contributed by atoms with E-state index in [1.807, 2.05) is 6.92 Å². The molecule has 1 amide bonds. The molecule has 2 N–H and O–H groups in total. The summed E-state index contributed by atoms with van der Waals surface area (Å²) < 4.78 is 0. The molecule has 2 heterocycles. The highest BCUT2D eigenvalue weighted by molar-refractivity contribution is 5.95. The van der Waals surface area contributed by atoms with Crippen LogP contribution in [0.3, 0.4) is 0 Å². The van der Waals surface area contributed by atoms with Gasteiger partial charge in [0.25, 0.3) is 5.91 Å².